The Labute approximate surface area is 438 Å². The van der Waals surface area contributed by atoms with E-state index in [0.717, 1.165) is 5.69 Å². The van der Waals surface area contributed by atoms with Crippen molar-refractivity contribution in [2.75, 3.05) is 14.7 Å². The van der Waals surface area contributed by atoms with Crippen LogP contribution in [-0.2, 0) is 27.1 Å². The van der Waals surface area contributed by atoms with Crippen LogP contribution in [-0.4, -0.2) is 6.71 Å². The summed E-state index contributed by atoms with van der Waals surface area (Å²) in [6, 6.07) is 63.6. The topological polar surface area (TPSA) is 9.72 Å². The van der Waals surface area contributed by atoms with Crippen molar-refractivity contribution < 1.29 is 0 Å². The monoisotopic (exact) mass is 968 g/mol. The van der Waals surface area contributed by atoms with Gasteiger partial charge in [-0.3, -0.25) is 0 Å². The highest BCUT2D eigenvalue weighted by Crippen LogP contribution is 2.60. The van der Waals surface area contributed by atoms with Gasteiger partial charge in [-0.2, -0.15) is 0 Å². The average molecular weight is 968 g/mol. The minimum absolute atomic E-state index is 0.00413. The highest BCUT2D eigenvalue weighted by Gasteiger charge is 2.51. The summed E-state index contributed by atoms with van der Waals surface area (Å²) >= 11 is 2.02. The number of thiophene rings is 1. The summed E-state index contributed by atoms with van der Waals surface area (Å²) in [5.41, 5.74) is 25.4. The third-order valence-electron chi connectivity index (χ3n) is 17.1. The van der Waals surface area contributed by atoms with Crippen LogP contribution >= 0.6 is 11.3 Å². The van der Waals surface area contributed by atoms with Crippen LogP contribution in [0.5, 0.6) is 0 Å². The molecule has 1 aromatic heterocycles. The van der Waals surface area contributed by atoms with Crippen LogP contribution < -0.4 is 30.4 Å². The molecule has 1 aliphatic carbocycles. The first-order chi connectivity index (χ1) is 34.6. The first-order valence-corrected chi connectivity index (χ1v) is 27.3. The number of rotatable bonds is 3. The van der Waals surface area contributed by atoms with Crippen LogP contribution in [0.4, 0.5) is 51.2 Å². The van der Waals surface area contributed by atoms with Gasteiger partial charge in [0.1, 0.15) is 0 Å². The summed E-state index contributed by atoms with van der Waals surface area (Å²) in [7, 11) is 0. The second kappa shape index (κ2) is 15.4. The Bertz CT molecular complexity index is 3740. The summed E-state index contributed by atoms with van der Waals surface area (Å²) in [5, 5.41) is 1.32. The van der Waals surface area contributed by atoms with Crippen molar-refractivity contribution in [2.24, 2.45) is 0 Å². The maximum Gasteiger partial charge on any atom is 0.264 e. The van der Waals surface area contributed by atoms with E-state index in [1.807, 2.05) is 11.3 Å². The second-order valence-electron chi connectivity index (χ2n) is 25.5. The molecule has 0 saturated heterocycles. The molecule has 0 fully saturated rings. The Balaban J connectivity index is 1.22. The smallest absolute Gasteiger partial charge is 0.264 e. The minimum atomic E-state index is -0.391. The lowest BCUT2D eigenvalue weighted by molar-refractivity contribution is 0.590. The molecule has 13 rings (SSSR count). The van der Waals surface area contributed by atoms with E-state index in [-0.39, 0.29) is 28.4 Å². The lowest BCUT2D eigenvalue weighted by Crippen LogP contribution is -2.61. The van der Waals surface area contributed by atoms with Gasteiger partial charge in [0.2, 0.25) is 0 Å². The molecule has 9 aromatic rings. The number of fused-ring (bicyclic) bond motifs is 12. The summed E-state index contributed by atoms with van der Waals surface area (Å²) in [6.07, 6.45) is 0. The van der Waals surface area contributed by atoms with Gasteiger partial charge in [0.05, 0.1) is 17.1 Å². The van der Waals surface area contributed by atoms with Crippen molar-refractivity contribution in [2.45, 2.75) is 117 Å². The first kappa shape index (κ1) is 46.0. The van der Waals surface area contributed by atoms with Crippen LogP contribution in [0, 0.1) is 0 Å². The Hall–Kier alpha value is -6.82. The molecule has 0 amide bonds. The third-order valence-corrected chi connectivity index (χ3v) is 18.3. The van der Waals surface area contributed by atoms with Gasteiger partial charge in [0.25, 0.3) is 6.71 Å². The molecule has 0 bridgehead atoms. The zero-order valence-corrected chi connectivity index (χ0v) is 45.7. The summed E-state index contributed by atoms with van der Waals surface area (Å²) < 4.78 is 2.75. The van der Waals surface area contributed by atoms with Crippen LogP contribution in [0.1, 0.15) is 129 Å². The van der Waals surface area contributed by atoms with Crippen LogP contribution in [0.15, 0.2) is 164 Å². The zero-order valence-electron chi connectivity index (χ0n) is 44.9. The number of nitrogens with zero attached hydrogens (tertiary/aromatic N) is 3. The van der Waals surface area contributed by atoms with Gasteiger partial charge in [-0.05, 0) is 138 Å². The fourth-order valence-corrected chi connectivity index (χ4v) is 14.4. The molecule has 4 aliphatic rings. The number of anilines is 9. The van der Waals surface area contributed by atoms with Crippen molar-refractivity contribution in [3.8, 4) is 11.1 Å². The molecular weight excluding hydrogens is 902 g/mol. The van der Waals surface area contributed by atoms with Gasteiger partial charge >= 0.3 is 0 Å². The Morgan fingerprint density at radius 2 is 0.959 bits per heavy atom. The van der Waals surface area contributed by atoms with Crippen molar-refractivity contribution in [3.63, 3.8) is 0 Å². The van der Waals surface area contributed by atoms with Crippen molar-refractivity contribution in [1.29, 1.82) is 0 Å². The lowest BCUT2D eigenvalue weighted by atomic mass is 9.35. The molecule has 0 N–H and O–H groups in total. The summed E-state index contributed by atoms with van der Waals surface area (Å²) in [4.78, 5) is 7.92. The molecule has 73 heavy (non-hydrogen) atoms. The number of hydrogen-bond donors (Lipinski definition) is 0. The first-order valence-electron chi connectivity index (χ1n) is 26.5. The molecule has 0 atom stereocenters. The molecule has 362 valence electrons. The van der Waals surface area contributed by atoms with Gasteiger partial charge in [-0.1, -0.05) is 187 Å². The molecule has 0 saturated carbocycles. The quantitative estimate of drug-likeness (QED) is 0.163. The molecule has 5 heteroatoms. The third kappa shape index (κ3) is 6.63. The zero-order chi connectivity index (χ0) is 50.9. The Morgan fingerprint density at radius 3 is 1.59 bits per heavy atom. The van der Waals surface area contributed by atoms with Gasteiger partial charge in [0.15, 0.2) is 0 Å². The number of benzene rings is 8. The van der Waals surface area contributed by atoms with E-state index in [9.17, 15) is 0 Å². The largest absolute Gasteiger partial charge is 0.311 e. The van der Waals surface area contributed by atoms with E-state index in [1.54, 1.807) is 0 Å². The van der Waals surface area contributed by atoms with Gasteiger partial charge in [0, 0.05) is 65.4 Å². The van der Waals surface area contributed by atoms with Crippen LogP contribution in [0.2, 0.25) is 0 Å². The van der Waals surface area contributed by atoms with Gasteiger partial charge in [-0.25, -0.2) is 0 Å². The standard InChI is InChI=1S/C68H66BN3S/c1-64(2,3)41-27-32-45(33-28-41)71-55-36-31-43(66(7,8)9)37-53(55)69-60-57(40-56-59(62(60)71)68(12,13)51-25-19-20-26-54(51)70(56)44-21-15-14-16-22-44)72(46-34-29-42(30-35-46)65(4,5)6)61-49-38-48-47-23-17-18-24-50(47)67(10,11)52(48)39-58(49)73-63(61)69/h14-40H,1-13H3. The highest BCUT2D eigenvalue weighted by molar-refractivity contribution is 7.33. The minimum Gasteiger partial charge on any atom is -0.311 e. The molecule has 3 aliphatic heterocycles. The fourth-order valence-electron chi connectivity index (χ4n) is 13.1. The van der Waals surface area contributed by atoms with Crippen molar-refractivity contribution in [1.82, 2.24) is 0 Å². The maximum atomic E-state index is 2.69. The fraction of sp³-hybridized carbons (Fsp3) is 0.265. The van der Waals surface area contributed by atoms with Crippen LogP contribution in [0.3, 0.4) is 0 Å². The Kier molecular flexibility index (Phi) is 9.69. The predicted octanol–water partition coefficient (Wildman–Crippen LogP) is 17.3. The van der Waals surface area contributed by atoms with Gasteiger partial charge in [-0.15, -0.1) is 11.3 Å². The summed E-state index contributed by atoms with van der Waals surface area (Å²) in [5.74, 6) is 0. The highest BCUT2D eigenvalue weighted by atomic mass is 32.1. The number of para-hydroxylation sites is 2. The SMILES string of the molecule is CC(C)(C)c1ccc(N2c3ccc(C(C)(C)C)cc3B3c4sc5cc6c(cc5c4N(c4ccc(C(C)(C)C)cc4)c4cc5c(c2c43)C(C)(C)c2ccccc2N5c2ccccc2)-c2ccccc2C6(C)C)cc1. The van der Waals surface area contributed by atoms with E-state index >= 15 is 0 Å². The lowest BCUT2D eigenvalue weighted by Gasteiger charge is -2.50. The average Bonchev–Trinajstić information content (AvgIpc) is 3.83. The molecule has 0 unspecified atom stereocenters. The number of hydrogen-bond acceptors (Lipinski definition) is 4. The van der Waals surface area contributed by atoms with E-state index in [1.165, 1.54) is 121 Å². The van der Waals surface area contributed by atoms with E-state index in [4.69, 9.17) is 0 Å². The van der Waals surface area contributed by atoms with Crippen molar-refractivity contribution >= 4 is 95.0 Å². The second-order valence-corrected chi connectivity index (χ2v) is 26.5. The van der Waals surface area contributed by atoms with E-state index in [2.05, 4.69) is 269 Å². The predicted molar refractivity (Wildman–Crippen MR) is 316 cm³/mol. The molecule has 4 heterocycles. The van der Waals surface area contributed by atoms with E-state index in [0.29, 0.717) is 0 Å². The Morgan fingerprint density at radius 1 is 0.411 bits per heavy atom. The van der Waals surface area contributed by atoms with Crippen LogP contribution in [0.25, 0.3) is 21.2 Å². The molecule has 0 spiro atoms. The van der Waals surface area contributed by atoms with E-state index < -0.39 is 5.41 Å². The normalized spacial score (nSPS) is 15.8. The molecule has 3 nitrogen and oxygen atoms in total. The molecule has 8 aromatic carbocycles. The molecular formula is C68H66BN3S. The summed E-state index contributed by atoms with van der Waals surface area (Å²) in [6.45, 7) is 30.8. The van der Waals surface area contributed by atoms with Gasteiger partial charge < -0.3 is 14.7 Å². The van der Waals surface area contributed by atoms with Crippen molar-refractivity contribution in [3.05, 3.63) is 203 Å². The maximum absolute atomic E-state index is 2.69. The molecule has 0 radical (unpaired) electrons.